The van der Waals surface area contributed by atoms with E-state index in [9.17, 15) is 22.0 Å². The molecule has 31 heavy (non-hydrogen) atoms. The zero-order valence-corrected chi connectivity index (χ0v) is 16.9. The molecular formula is C22H21F5N4. The van der Waals surface area contributed by atoms with E-state index in [-0.39, 0.29) is 24.4 Å². The molecule has 2 aromatic heterocycles. The lowest BCUT2D eigenvalue weighted by molar-refractivity contribution is -0.137. The molecule has 4 nitrogen and oxygen atoms in total. The van der Waals surface area contributed by atoms with Crippen molar-refractivity contribution < 1.29 is 22.0 Å². The Morgan fingerprint density at radius 3 is 2.52 bits per heavy atom. The summed E-state index contributed by atoms with van der Waals surface area (Å²) in [7, 11) is 0. The van der Waals surface area contributed by atoms with Gasteiger partial charge in [-0.1, -0.05) is 6.07 Å². The Balaban J connectivity index is 1.53. The second kappa shape index (κ2) is 8.11. The van der Waals surface area contributed by atoms with Gasteiger partial charge in [0.25, 0.3) is 5.92 Å². The third-order valence-corrected chi connectivity index (χ3v) is 5.55. The molecule has 164 valence electrons. The van der Waals surface area contributed by atoms with Crippen LogP contribution in [0.4, 0.5) is 22.0 Å². The van der Waals surface area contributed by atoms with Crippen LogP contribution in [0.15, 0.2) is 36.7 Å². The van der Waals surface area contributed by atoms with E-state index in [0.29, 0.717) is 31.6 Å². The molecular weight excluding hydrogens is 415 g/mol. The number of rotatable bonds is 4. The Labute approximate surface area is 176 Å². The van der Waals surface area contributed by atoms with Gasteiger partial charge in [0.2, 0.25) is 0 Å². The monoisotopic (exact) mass is 436 g/mol. The lowest BCUT2D eigenvalue weighted by Gasteiger charge is -2.31. The Bertz CT molecular complexity index is 1090. The maximum absolute atomic E-state index is 13.3. The first kappa shape index (κ1) is 21.5. The number of halogens is 5. The van der Waals surface area contributed by atoms with E-state index < -0.39 is 17.7 Å². The van der Waals surface area contributed by atoms with E-state index in [1.807, 2.05) is 24.0 Å². The molecule has 0 N–H and O–H groups in total. The van der Waals surface area contributed by atoms with Gasteiger partial charge in [-0.05, 0) is 42.7 Å². The van der Waals surface area contributed by atoms with Gasteiger partial charge in [-0.15, -0.1) is 0 Å². The molecule has 9 heteroatoms. The fraction of sp³-hybridized carbons (Fsp3) is 0.409. The van der Waals surface area contributed by atoms with Gasteiger partial charge in [0.05, 0.1) is 11.1 Å². The Morgan fingerprint density at radius 1 is 1.06 bits per heavy atom. The van der Waals surface area contributed by atoms with Gasteiger partial charge in [-0.25, -0.2) is 18.7 Å². The molecule has 0 spiro atoms. The van der Waals surface area contributed by atoms with E-state index in [0.717, 1.165) is 34.8 Å². The largest absolute Gasteiger partial charge is 0.416 e. The second-order valence-corrected chi connectivity index (χ2v) is 7.92. The van der Waals surface area contributed by atoms with Gasteiger partial charge in [-0.3, -0.25) is 4.98 Å². The van der Waals surface area contributed by atoms with Gasteiger partial charge >= 0.3 is 6.18 Å². The Hall–Kier alpha value is -2.68. The SMILES string of the molecule is Cc1cc(CCN2CCC(F)(F)CC2)cc2cnc(-c3cc(C(F)(F)F)ccn3)nc12. The molecule has 0 amide bonds. The number of alkyl halides is 5. The molecule has 0 radical (unpaired) electrons. The number of hydrogen-bond acceptors (Lipinski definition) is 4. The van der Waals surface area contributed by atoms with Crippen LogP contribution in [0.25, 0.3) is 22.4 Å². The van der Waals surface area contributed by atoms with Crippen molar-refractivity contribution in [2.75, 3.05) is 19.6 Å². The van der Waals surface area contributed by atoms with Crippen molar-refractivity contribution in [1.29, 1.82) is 0 Å². The molecule has 0 saturated carbocycles. The fourth-order valence-electron chi connectivity index (χ4n) is 3.79. The molecule has 0 atom stereocenters. The minimum absolute atomic E-state index is 0.0575. The van der Waals surface area contributed by atoms with Crippen LogP contribution >= 0.6 is 0 Å². The molecule has 1 aliphatic rings. The van der Waals surface area contributed by atoms with Crippen LogP contribution in [0.1, 0.15) is 29.5 Å². The van der Waals surface area contributed by atoms with Crippen LogP contribution in [0.3, 0.4) is 0 Å². The average molecular weight is 436 g/mol. The van der Waals surface area contributed by atoms with E-state index >= 15 is 0 Å². The van der Waals surface area contributed by atoms with Crippen molar-refractivity contribution in [2.45, 2.75) is 38.3 Å². The molecule has 0 unspecified atom stereocenters. The van der Waals surface area contributed by atoms with E-state index in [1.54, 1.807) is 6.20 Å². The van der Waals surface area contributed by atoms with Crippen molar-refractivity contribution in [3.8, 4) is 11.5 Å². The predicted molar refractivity (Wildman–Crippen MR) is 107 cm³/mol. The van der Waals surface area contributed by atoms with Gasteiger partial charge in [0.15, 0.2) is 5.82 Å². The van der Waals surface area contributed by atoms with Crippen LogP contribution in [-0.4, -0.2) is 45.4 Å². The van der Waals surface area contributed by atoms with E-state index in [2.05, 4.69) is 15.0 Å². The molecule has 1 saturated heterocycles. The molecule has 3 aromatic rings. The summed E-state index contributed by atoms with van der Waals surface area (Å²) in [5.41, 5.74) is 1.81. The Morgan fingerprint density at radius 2 is 1.81 bits per heavy atom. The highest BCUT2D eigenvalue weighted by molar-refractivity contribution is 5.83. The van der Waals surface area contributed by atoms with E-state index in [4.69, 9.17) is 0 Å². The summed E-state index contributed by atoms with van der Waals surface area (Å²) in [5, 5.41) is 0.774. The quantitative estimate of drug-likeness (QED) is 0.521. The predicted octanol–water partition coefficient (Wildman–Crippen LogP) is 5.29. The molecule has 1 aromatic carbocycles. The summed E-state index contributed by atoms with van der Waals surface area (Å²) in [4.78, 5) is 14.7. The van der Waals surface area contributed by atoms with Crippen LogP contribution in [0.5, 0.6) is 0 Å². The van der Waals surface area contributed by atoms with Crippen molar-refractivity contribution >= 4 is 10.9 Å². The van der Waals surface area contributed by atoms with Gasteiger partial charge in [0, 0.05) is 50.3 Å². The smallest absolute Gasteiger partial charge is 0.303 e. The van der Waals surface area contributed by atoms with Crippen LogP contribution in [0, 0.1) is 6.92 Å². The topological polar surface area (TPSA) is 41.9 Å². The molecule has 3 heterocycles. The molecule has 1 fully saturated rings. The Kier molecular flexibility index (Phi) is 5.63. The van der Waals surface area contributed by atoms with Crippen LogP contribution in [-0.2, 0) is 12.6 Å². The zero-order chi connectivity index (χ0) is 22.2. The summed E-state index contributed by atoms with van der Waals surface area (Å²) >= 11 is 0. The van der Waals surface area contributed by atoms with E-state index in [1.165, 1.54) is 0 Å². The van der Waals surface area contributed by atoms with Crippen LogP contribution < -0.4 is 0 Å². The minimum Gasteiger partial charge on any atom is -0.303 e. The van der Waals surface area contributed by atoms with Gasteiger partial charge in [-0.2, -0.15) is 13.2 Å². The first-order valence-electron chi connectivity index (χ1n) is 10.0. The highest BCUT2D eigenvalue weighted by atomic mass is 19.4. The first-order valence-corrected chi connectivity index (χ1v) is 10.0. The second-order valence-electron chi connectivity index (χ2n) is 7.92. The summed E-state index contributed by atoms with van der Waals surface area (Å²) in [6.45, 7) is 3.34. The normalized spacial score (nSPS) is 17.2. The number of pyridine rings is 1. The number of nitrogens with zero attached hydrogens (tertiary/aromatic N) is 4. The van der Waals surface area contributed by atoms with Gasteiger partial charge in [0.1, 0.15) is 5.69 Å². The first-order chi connectivity index (χ1) is 14.6. The zero-order valence-electron chi connectivity index (χ0n) is 16.9. The number of likely N-dealkylation sites (tertiary alicyclic amines) is 1. The maximum Gasteiger partial charge on any atom is 0.416 e. The fourth-order valence-corrected chi connectivity index (χ4v) is 3.79. The van der Waals surface area contributed by atoms with Gasteiger partial charge < -0.3 is 4.90 Å². The number of piperidine rings is 1. The summed E-state index contributed by atoms with van der Waals surface area (Å²) in [6, 6.07) is 5.75. The summed E-state index contributed by atoms with van der Waals surface area (Å²) in [6.07, 6.45) is -1.30. The van der Waals surface area contributed by atoms with Crippen molar-refractivity contribution in [1.82, 2.24) is 19.9 Å². The summed E-state index contributed by atoms with van der Waals surface area (Å²) in [5.74, 6) is -2.43. The molecule has 1 aliphatic heterocycles. The number of fused-ring (bicyclic) bond motifs is 1. The lowest BCUT2D eigenvalue weighted by atomic mass is 10.0. The number of benzene rings is 1. The highest BCUT2D eigenvalue weighted by Gasteiger charge is 2.33. The van der Waals surface area contributed by atoms with Crippen molar-refractivity contribution in [3.05, 3.63) is 53.3 Å². The maximum atomic E-state index is 13.3. The molecule has 4 rings (SSSR count). The van der Waals surface area contributed by atoms with Crippen LogP contribution in [0.2, 0.25) is 0 Å². The number of aromatic nitrogens is 3. The molecule has 0 bridgehead atoms. The highest BCUT2D eigenvalue weighted by Crippen LogP contribution is 2.31. The van der Waals surface area contributed by atoms with Crippen molar-refractivity contribution in [2.24, 2.45) is 0 Å². The molecule has 0 aliphatic carbocycles. The minimum atomic E-state index is -4.47. The third-order valence-electron chi connectivity index (χ3n) is 5.55. The standard InChI is InChI=1S/C22H21F5N4/c1-14-10-15(3-7-31-8-4-21(23,24)5-9-31)11-16-13-29-20(30-19(14)16)18-12-17(2-6-28-18)22(25,26)27/h2,6,10-13H,3-5,7-9H2,1H3. The third kappa shape index (κ3) is 4.98. The summed E-state index contributed by atoms with van der Waals surface area (Å²) < 4.78 is 65.5. The average Bonchev–Trinajstić information content (AvgIpc) is 2.72. The lowest BCUT2D eigenvalue weighted by Crippen LogP contribution is -2.40. The number of hydrogen-bond donors (Lipinski definition) is 0. The number of aryl methyl sites for hydroxylation is 1. The van der Waals surface area contributed by atoms with Crippen molar-refractivity contribution in [3.63, 3.8) is 0 Å².